The summed E-state index contributed by atoms with van der Waals surface area (Å²) >= 11 is 7.52. The molecule has 0 atom stereocenters. The Hall–Kier alpha value is -0.0900. The number of halogens is 2. The lowest BCUT2D eigenvalue weighted by molar-refractivity contribution is 0.199. The van der Waals surface area contributed by atoms with Crippen molar-refractivity contribution in [3.8, 4) is 10.6 Å². The molecular formula is C14H17BrIN3OS. The van der Waals surface area contributed by atoms with Crippen molar-refractivity contribution in [2.75, 3.05) is 26.8 Å². The van der Waals surface area contributed by atoms with E-state index in [1.54, 1.807) is 18.4 Å². The second-order valence-corrected chi connectivity index (χ2v) is 7.61. The van der Waals surface area contributed by atoms with Gasteiger partial charge < -0.3 is 10.1 Å². The molecule has 21 heavy (non-hydrogen) atoms. The third-order valence-corrected chi connectivity index (χ3v) is 5.30. The lowest BCUT2D eigenvalue weighted by atomic mass is 10.2. The SMILES string of the molecule is COCCNCCCc1nnc(-c2cc(Br)ccc2I)s1. The minimum absolute atomic E-state index is 0.754. The molecule has 1 aromatic carbocycles. The highest BCUT2D eigenvalue weighted by molar-refractivity contribution is 14.1. The summed E-state index contributed by atoms with van der Waals surface area (Å²) in [5.74, 6) is 0. The predicted molar refractivity (Wildman–Crippen MR) is 98.8 cm³/mol. The number of nitrogens with zero attached hydrogens (tertiary/aromatic N) is 2. The van der Waals surface area contributed by atoms with E-state index in [1.807, 2.05) is 6.07 Å². The fourth-order valence-electron chi connectivity index (χ4n) is 1.79. The molecule has 1 N–H and O–H groups in total. The minimum Gasteiger partial charge on any atom is -0.383 e. The molecule has 0 aliphatic heterocycles. The molecule has 0 bridgehead atoms. The Morgan fingerprint density at radius 3 is 3.00 bits per heavy atom. The molecule has 1 aromatic heterocycles. The van der Waals surface area contributed by atoms with E-state index in [1.165, 1.54) is 3.57 Å². The monoisotopic (exact) mass is 481 g/mol. The first-order chi connectivity index (χ1) is 10.2. The summed E-state index contributed by atoms with van der Waals surface area (Å²) in [6, 6.07) is 6.22. The average molecular weight is 482 g/mol. The van der Waals surface area contributed by atoms with Crippen LogP contribution in [0.2, 0.25) is 0 Å². The second-order valence-electron chi connectivity index (χ2n) is 4.47. The maximum absolute atomic E-state index is 4.99. The Balaban J connectivity index is 1.88. The van der Waals surface area contributed by atoms with Crippen LogP contribution in [-0.2, 0) is 11.2 Å². The summed E-state index contributed by atoms with van der Waals surface area (Å²) in [5.41, 5.74) is 1.15. The number of rotatable bonds is 8. The van der Waals surface area contributed by atoms with Crippen LogP contribution in [-0.4, -0.2) is 37.0 Å². The molecule has 2 aromatic rings. The van der Waals surface area contributed by atoms with Gasteiger partial charge in [-0.2, -0.15) is 0 Å². The van der Waals surface area contributed by atoms with Crippen LogP contribution in [0.1, 0.15) is 11.4 Å². The summed E-state index contributed by atoms with van der Waals surface area (Å²) < 4.78 is 7.25. The van der Waals surface area contributed by atoms with Crippen molar-refractivity contribution in [1.82, 2.24) is 15.5 Å². The molecule has 0 aliphatic rings. The van der Waals surface area contributed by atoms with Crippen LogP contribution in [0, 0.1) is 3.57 Å². The van der Waals surface area contributed by atoms with E-state index in [0.717, 1.165) is 52.6 Å². The maximum Gasteiger partial charge on any atom is 0.148 e. The molecule has 0 amide bonds. The van der Waals surface area contributed by atoms with Crippen molar-refractivity contribution >= 4 is 49.9 Å². The van der Waals surface area contributed by atoms with E-state index < -0.39 is 0 Å². The number of benzene rings is 1. The van der Waals surface area contributed by atoms with Crippen molar-refractivity contribution in [3.05, 3.63) is 31.2 Å². The number of aromatic nitrogens is 2. The van der Waals surface area contributed by atoms with E-state index in [-0.39, 0.29) is 0 Å². The predicted octanol–water partition coefficient (Wildman–Crippen LogP) is 3.74. The Morgan fingerprint density at radius 1 is 1.33 bits per heavy atom. The molecule has 0 saturated heterocycles. The van der Waals surface area contributed by atoms with Gasteiger partial charge in [0.25, 0.3) is 0 Å². The summed E-state index contributed by atoms with van der Waals surface area (Å²) in [6.07, 6.45) is 2.02. The fraction of sp³-hybridized carbons (Fsp3) is 0.429. The van der Waals surface area contributed by atoms with Crippen molar-refractivity contribution in [2.24, 2.45) is 0 Å². The van der Waals surface area contributed by atoms with Crippen molar-refractivity contribution in [3.63, 3.8) is 0 Å². The zero-order valence-electron chi connectivity index (χ0n) is 11.7. The highest BCUT2D eigenvalue weighted by atomic mass is 127. The standard InChI is InChI=1S/C14H17BrIN3OS/c1-20-8-7-17-6-2-3-13-18-19-14(21-13)11-9-10(15)4-5-12(11)16/h4-5,9,17H,2-3,6-8H2,1H3. The van der Waals surface area contributed by atoms with Crippen LogP contribution in [0.15, 0.2) is 22.7 Å². The molecule has 0 unspecified atom stereocenters. The van der Waals surface area contributed by atoms with Crippen molar-refractivity contribution < 1.29 is 4.74 Å². The molecule has 7 heteroatoms. The molecule has 114 valence electrons. The first-order valence-electron chi connectivity index (χ1n) is 6.68. The van der Waals surface area contributed by atoms with Crippen LogP contribution in [0.5, 0.6) is 0 Å². The van der Waals surface area contributed by atoms with Gasteiger partial charge in [-0.3, -0.25) is 0 Å². The van der Waals surface area contributed by atoms with Gasteiger partial charge in [0.05, 0.1) is 6.61 Å². The first-order valence-corrected chi connectivity index (χ1v) is 9.37. The Labute approximate surface area is 151 Å². The van der Waals surface area contributed by atoms with E-state index in [0.29, 0.717) is 0 Å². The van der Waals surface area contributed by atoms with E-state index in [9.17, 15) is 0 Å². The number of hydrogen-bond donors (Lipinski definition) is 1. The van der Waals surface area contributed by atoms with E-state index >= 15 is 0 Å². The second kappa shape index (κ2) is 9.14. The highest BCUT2D eigenvalue weighted by Gasteiger charge is 2.10. The smallest absolute Gasteiger partial charge is 0.148 e. The quantitative estimate of drug-likeness (QED) is 0.461. The third-order valence-electron chi connectivity index (χ3n) is 2.85. The number of nitrogens with one attached hydrogen (secondary N) is 1. The van der Waals surface area contributed by atoms with Crippen molar-refractivity contribution in [2.45, 2.75) is 12.8 Å². The normalized spacial score (nSPS) is 11.0. The van der Waals surface area contributed by atoms with Gasteiger partial charge in [-0.05, 0) is 53.8 Å². The molecule has 0 aliphatic carbocycles. The van der Waals surface area contributed by atoms with Crippen LogP contribution in [0.3, 0.4) is 0 Å². The molecule has 0 saturated carbocycles. The van der Waals surface area contributed by atoms with E-state index in [4.69, 9.17) is 4.74 Å². The van der Waals surface area contributed by atoms with Crippen LogP contribution in [0.4, 0.5) is 0 Å². The molecular weight excluding hydrogens is 465 g/mol. The van der Waals surface area contributed by atoms with Gasteiger partial charge in [0.15, 0.2) is 0 Å². The lowest BCUT2D eigenvalue weighted by Crippen LogP contribution is -2.20. The molecule has 0 fully saturated rings. The molecule has 2 rings (SSSR count). The molecule has 0 radical (unpaired) electrons. The van der Waals surface area contributed by atoms with Crippen molar-refractivity contribution in [1.29, 1.82) is 0 Å². The summed E-state index contributed by atoms with van der Waals surface area (Å²) in [7, 11) is 1.72. The van der Waals surface area contributed by atoms with Gasteiger partial charge in [-0.1, -0.05) is 27.3 Å². The van der Waals surface area contributed by atoms with Gasteiger partial charge in [-0.25, -0.2) is 0 Å². The topological polar surface area (TPSA) is 47.0 Å². The largest absolute Gasteiger partial charge is 0.383 e. The number of ether oxygens (including phenoxy) is 1. The first kappa shape index (κ1) is 17.3. The number of hydrogen-bond acceptors (Lipinski definition) is 5. The highest BCUT2D eigenvalue weighted by Crippen LogP contribution is 2.30. The zero-order chi connectivity index (χ0) is 15.1. The fourth-order valence-corrected chi connectivity index (χ4v) is 3.84. The Morgan fingerprint density at radius 2 is 2.19 bits per heavy atom. The van der Waals surface area contributed by atoms with Gasteiger partial charge >= 0.3 is 0 Å². The molecule has 0 spiro atoms. The van der Waals surface area contributed by atoms with Gasteiger partial charge in [-0.15, -0.1) is 10.2 Å². The lowest BCUT2D eigenvalue weighted by Gasteiger charge is -2.02. The molecule has 1 heterocycles. The molecule has 4 nitrogen and oxygen atoms in total. The Kier molecular flexibility index (Phi) is 7.51. The van der Waals surface area contributed by atoms with Crippen LogP contribution in [0.25, 0.3) is 10.6 Å². The summed E-state index contributed by atoms with van der Waals surface area (Å²) in [5, 5.41) is 14.0. The number of methoxy groups -OCH3 is 1. The van der Waals surface area contributed by atoms with Crippen LogP contribution < -0.4 is 5.32 Å². The maximum atomic E-state index is 4.99. The zero-order valence-corrected chi connectivity index (χ0v) is 16.3. The van der Waals surface area contributed by atoms with Gasteiger partial charge in [0.1, 0.15) is 10.0 Å². The summed E-state index contributed by atoms with van der Waals surface area (Å²) in [4.78, 5) is 0. The third kappa shape index (κ3) is 5.55. The number of aryl methyl sites for hydroxylation is 1. The van der Waals surface area contributed by atoms with Gasteiger partial charge in [0.2, 0.25) is 0 Å². The summed E-state index contributed by atoms with van der Waals surface area (Å²) in [6.45, 7) is 2.63. The van der Waals surface area contributed by atoms with Gasteiger partial charge in [0, 0.05) is 33.7 Å². The Bertz CT molecular complexity index is 579. The average Bonchev–Trinajstić information content (AvgIpc) is 2.94. The van der Waals surface area contributed by atoms with E-state index in [2.05, 4.69) is 66.2 Å². The minimum atomic E-state index is 0.754. The van der Waals surface area contributed by atoms with Crippen LogP contribution >= 0.6 is 49.9 Å².